The van der Waals surface area contributed by atoms with Crippen LogP contribution in [0.25, 0.3) is 44.6 Å². The number of benzene rings is 2. The normalized spacial score (nSPS) is 13.7. The molecule has 1 amide bonds. The summed E-state index contributed by atoms with van der Waals surface area (Å²) in [7, 11) is 0. The van der Waals surface area contributed by atoms with E-state index >= 15 is 0 Å². The molecule has 1 aliphatic rings. The molecule has 0 aliphatic carbocycles. The molecular weight excluding hydrogens is 488 g/mol. The van der Waals surface area contributed by atoms with Crippen molar-refractivity contribution in [2.75, 3.05) is 23.3 Å². The topological polar surface area (TPSA) is 115 Å². The number of amides is 1. The molecule has 192 valence electrons. The summed E-state index contributed by atoms with van der Waals surface area (Å²) in [5.74, 6) is 1.45. The van der Waals surface area contributed by atoms with Crippen molar-refractivity contribution in [2.45, 2.75) is 19.3 Å². The van der Waals surface area contributed by atoms with Crippen LogP contribution in [0.2, 0.25) is 0 Å². The lowest BCUT2D eigenvalue weighted by Crippen LogP contribution is -2.30. The van der Waals surface area contributed by atoms with Crippen molar-refractivity contribution >= 4 is 39.3 Å². The van der Waals surface area contributed by atoms with Gasteiger partial charge in [-0.3, -0.25) is 14.9 Å². The molecule has 9 heteroatoms. The molecule has 0 unspecified atom stereocenters. The largest absolute Gasteiger partial charge is 0.355 e. The van der Waals surface area contributed by atoms with Crippen LogP contribution in [-0.4, -0.2) is 49.1 Å². The lowest BCUT2D eigenvalue weighted by atomic mass is 10.0. The molecule has 1 fully saturated rings. The monoisotopic (exact) mass is 514 g/mol. The van der Waals surface area contributed by atoms with Crippen molar-refractivity contribution in [3.63, 3.8) is 0 Å². The number of pyridine rings is 2. The maximum Gasteiger partial charge on any atom is 0.255 e. The van der Waals surface area contributed by atoms with E-state index in [0.29, 0.717) is 17.1 Å². The fraction of sp³-hybridized carbons (Fsp3) is 0.167. The molecule has 1 aliphatic heterocycles. The summed E-state index contributed by atoms with van der Waals surface area (Å²) >= 11 is 0. The highest BCUT2D eigenvalue weighted by Crippen LogP contribution is 2.33. The van der Waals surface area contributed by atoms with Crippen LogP contribution in [0.1, 0.15) is 29.6 Å². The first kappa shape index (κ1) is 23.1. The van der Waals surface area contributed by atoms with Gasteiger partial charge in [0, 0.05) is 42.0 Å². The molecule has 3 N–H and O–H groups in total. The second-order valence-corrected chi connectivity index (χ2v) is 9.78. The summed E-state index contributed by atoms with van der Waals surface area (Å²) in [4.78, 5) is 32.4. The molecule has 0 radical (unpaired) electrons. The zero-order valence-electron chi connectivity index (χ0n) is 21.2. The number of rotatable bonds is 5. The summed E-state index contributed by atoms with van der Waals surface area (Å²) in [5, 5.41) is 11.6. The minimum Gasteiger partial charge on any atom is -0.355 e. The van der Waals surface area contributed by atoms with Crippen LogP contribution in [-0.2, 0) is 0 Å². The lowest BCUT2D eigenvalue weighted by Gasteiger charge is -2.27. The predicted molar refractivity (Wildman–Crippen MR) is 153 cm³/mol. The number of aromatic amines is 2. The molecule has 7 rings (SSSR count). The molecule has 1 saturated heterocycles. The Labute approximate surface area is 224 Å². The van der Waals surface area contributed by atoms with Crippen molar-refractivity contribution in [3.05, 3.63) is 84.8 Å². The number of imidazole rings is 1. The Kier molecular flexibility index (Phi) is 5.73. The SMILES string of the molecule is O=C(Nc1cncc(-c2ccc3[nH]nc(-c4nc5c(N6CCCCC6)nccc5[nH]4)c3c2)c1)c1ccccc1. The van der Waals surface area contributed by atoms with Gasteiger partial charge in [-0.05, 0) is 61.2 Å². The van der Waals surface area contributed by atoms with Crippen molar-refractivity contribution in [3.8, 4) is 22.6 Å². The number of carbonyl (C=O) groups is 1. The van der Waals surface area contributed by atoms with Gasteiger partial charge < -0.3 is 15.2 Å². The Morgan fingerprint density at radius 1 is 0.897 bits per heavy atom. The number of piperidine rings is 1. The Morgan fingerprint density at radius 2 is 1.77 bits per heavy atom. The molecule has 0 saturated carbocycles. The Bertz CT molecular complexity index is 1800. The van der Waals surface area contributed by atoms with Gasteiger partial charge in [0.15, 0.2) is 11.6 Å². The number of nitrogens with one attached hydrogen (secondary N) is 3. The number of carbonyl (C=O) groups excluding carboxylic acids is 1. The lowest BCUT2D eigenvalue weighted by molar-refractivity contribution is 0.102. The van der Waals surface area contributed by atoms with Crippen LogP contribution < -0.4 is 10.2 Å². The van der Waals surface area contributed by atoms with E-state index in [1.807, 2.05) is 48.7 Å². The number of fused-ring (bicyclic) bond motifs is 2. The fourth-order valence-corrected chi connectivity index (χ4v) is 5.20. The van der Waals surface area contributed by atoms with Gasteiger partial charge in [-0.1, -0.05) is 24.3 Å². The Hall–Kier alpha value is -5.05. The molecule has 0 atom stereocenters. The summed E-state index contributed by atoms with van der Waals surface area (Å²) in [6.07, 6.45) is 8.89. The fourth-order valence-electron chi connectivity index (χ4n) is 5.20. The number of anilines is 2. The highest BCUT2D eigenvalue weighted by molar-refractivity contribution is 6.04. The van der Waals surface area contributed by atoms with Gasteiger partial charge in [0.2, 0.25) is 0 Å². The van der Waals surface area contributed by atoms with Crippen LogP contribution in [0.4, 0.5) is 11.5 Å². The molecule has 4 aromatic heterocycles. The van der Waals surface area contributed by atoms with E-state index in [4.69, 9.17) is 4.98 Å². The van der Waals surface area contributed by atoms with Crippen molar-refractivity contribution < 1.29 is 4.79 Å². The molecule has 6 aromatic rings. The minimum atomic E-state index is -0.176. The minimum absolute atomic E-state index is 0.176. The average molecular weight is 515 g/mol. The quantitative estimate of drug-likeness (QED) is 0.268. The van der Waals surface area contributed by atoms with E-state index in [1.54, 1.807) is 24.5 Å². The number of H-pyrrole nitrogens is 2. The van der Waals surface area contributed by atoms with Gasteiger partial charge in [-0.25, -0.2) is 9.97 Å². The second-order valence-electron chi connectivity index (χ2n) is 9.78. The van der Waals surface area contributed by atoms with Crippen LogP contribution in [0, 0.1) is 0 Å². The van der Waals surface area contributed by atoms with Gasteiger partial charge in [-0.2, -0.15) is 5.10 Å². The molecule has 0 spiro atoms. The van der Waals surface area contributed by atoms with Crippen molar-refractivity contribution in [1.82, 2.24) is 30.1 Å². The first-order chi connectivity index (χ1) is 19.2. The number of hydrogen-bond acceptors (Lipinski definition) is 6. The highest BCUT2D eigenvalue weighted by Gasteiger charge is 2.20. The Morgan fingerprint density at radius 3 is 2.64 bits per heavy atom. The third-order valence-electron chi connectivity index (χ3n) is 7.19. The van der Waals surface area contributed by atoms with Crippen molar-refractivity contribution in [2.24, 2.45) is 0 Å². The van der Waals surface area contributed by atoms with Gasteiger partial charge >= 0.3 is 0 Å². The molecule has 2 aromatic carbocycles. The van der Waals surface area contributed by atoms with Gasteiger partial charge in [0.1, 0.15) is 11.2 Å². The molecule has 39 heavy (non-hydrogen) atoms. The van der Waals surface area contributed by atoms with Crippen LogP contribution in [0.15, 0.2) is 79.3 Å². The van der Waals surface area contributed by atoms with E-state index in [-0.39, 0.29) is 5.91 Å². The summed E-state index contributed by atoms with van der Waals surface area (Å²) in [5.41, 5.74) is 6.53. The average Bonchev–Trinajstić information content (AvgIpc) is 3.62. The first-order valence-corrected chi connectivity index (χ1v) is 13.1. The zero-order chi connectivity index (χ0) is 26.2. The van der Waals surface area contributed by atoms with Gasteiger partial charge in [0.25, 0.3) is 5.91 Å². The number of aromatic nitrogens is 6. The van der Waals surface area contributed by atoms with Gasteiger partial charge in [0.05, 0.1) is 22.9 Å². The third-order valence-corrected chi connectivity index (χ3v) is 7.19. The summed E-state index contributed by atoms with van der Waals surface area (Å²) in [6.45, 7) is 2.00. The molecule has 5 heterocycles. The second kappa shape index (κ2) is 9.68. The predicted octanol–water partition coefficient (Wildman–Crippen LogP) is 5.81. The highest BCUT2D eigenvalue weighted by atomic mass is 16.1. The maximum absolute atomic E-state index is 12.6. The van der Waals surface area contributed by atoms with Crippen molar-refractivity contribution in [1.29, 1.82) is 0 Å². The standard InChI is InChI=1S/C30H26N8O/c39-30(19-7-3-1-4-8-19)33-22-15-21(17-31-18-22)20-9-10-24-23(16-20)26(37-36-24)28-34-25-11-12-32-29(27(25)35-28)38-13-5-2-6-14-38/h1,3-4,7-12,15-18H,2,5-6,13-14H2,(H,33,39)(H,34,35)(H,36,37). The smallest absolute Gasteiger partial charge is 0.255 e. The first-order valence-electron chi connectivity index (χ1n) is 13.1. The summed E-state index contributed by atoms with van der Waals surface area (Å²) in [6, 6.07) is 19.1. The van der Waals surface area contributed by atoms with E-state index in [1.165, 1.54) is 19.3 Å². The maximum atomic E-state index is 12.6. The van der Waals surface area contributed by atoms with Crippen LogP contribution in [0.5, 0.6) is 0 Å². The van der Waals surface area contributed by atoms with Crippen LogP contribution >= 0.6 is 0 Å². The van der Waals surface area contributed by atoms with E-state index in [2.05, 4.69) is 41.4 Å². The van der Waals surface area contributed by atoms with Gasteiger partial charge in [-0.15, -0.1) is 0 Å². The third kappa shape index (κ3) is 4.37. The van der Waals surface area contributed by atoms with E-state index in [0.717, 1.165) is 57.7 Å². The van der Waals surface area contributed by atoms with E-state index in [9.17, 15) is 4.79 Å². The number of hydrogen-bond donors (Lipinski definition) is 3. The van der Waals surface area contributed by atoms with Crippen LogP contribution in [0.3, 0.4) is 0 Å². The number of nitrogens with zero attached hydrogens (tertiary/aromatic N) is 5. The van der Waals surface area contributed by atoms with E-state index < -0.39 is 0 Å². The summed E-state index contributed by atoms with van der Waals surface area (Å²) < 4.78 is 0. The molecular formula is C30H26N8O. The Balaban J connectivity index is 1.22. The molecule has 0 bridgehead atoms. The zero-order valence-corrected chi connectivity index (χ0v) is 21.2. The molecule has 9 nitrogen and oxygen atoms in total.